The van der Waals surface area contributed by atoms with Crippen LogP contribution in [0.5, 0.6) is 11.5 Å². The maximum atomic E-state index is 13.3. The van der Waals surface area contributed by atoms with Crippen LogP contribution < -0.4 is 14.8 Å². The van der Waals surface area contributed by atoms with Crippen molar-refractivity contribution in [3.8, 4) is 11.5 Å². The molecule has 1 aliphatic rings. The van der Waals surface area contributed by atoms with E-state index in [0.29, 0.717) is 22.9 Å². The van der Waals surface area contributed by atoms with Crippen molar-refractivity contribution in [1.82, 2.24) is 10.2 Å². The minimum absolute atomic E-state index is 0.117. The van der Waals surface area contributed by atoms with E-state index >= 15 is 0 Å². The number of hydrogen-bond acceptors (Lipinski definition) is 4. The third kappa shape index (κ3) is 6.39. The Morgan fingerprint density at radius 1 is 1.16 bits per heavy atom. The smallest absolute Gasteiger partial charge is 0.261 e. The average Bonchev–Trinajstić information content (AvgIpc) is 3.31. The number of para-hydroxylation sites is 1. The van der Waals surface area contributed by atoms with Crippen molar-refractivity contribution in [2.24, 2.45) is 0 Å². The number of nitrogens with zero attached hydrogens (tertiary/aromatic N) is 1. The van der Waals surface area contributed by atoms with E-state index in [1.165, 1.54) is 0 Å². The molecule has 32 heavy (non-hydrogen) atoms. The van der Waals surface area contributed by atoms with E-state index in [9.17, 15) is 9.59 Å². The van der Waals surface area contributed by atoms with Gasteiger partial charge >= 0.3 is 0 Å². The molecule has 2 aromatic rings. The monoisotopic (exact) mass is 458 g/mol. The molecule has 2 amide bonds. The van der Waals surface area contributed by atoms with Gasteiger partial charge in [-0.3, -0.25) is 9.59 Å². The molecule has 0 bridgehead atoms. The number of rotatable bonds is 10. The van der Waals surface area contributed by atoms with Crippen molar-refractivity contribution < 1.29 is 19.1 Å². The lowest BCUT2D eigenvalue weighted by Crippen LogP contribution is -2.52. The molecule has 1 aliphatic carbocycles. The zero-order chi connectivity index (χ0) is 22.9. The minimum atomic E-state index is -0.593. The summed E-state index contributed by atoms with van der Waals surface area (Å²) < 4.78 is 11.0. The highest BCUT2D eigenvalue weighted by Gasteiger charge is 2.31. The molecule has 0 heterocycles. The maximum Gasteiger partial charge on any atom is 0.261 e. The van der Waals surface area contributed by atoms with Gasteiger partial charge in [-0.05, 0) is 49.1 Å². The molecule has 3 rings (SSSR count). The lowest BCUT2D eigenvalue weighted by molar-refractivity contribution is -0.143. The van der Waals surface area contributed by atoms with Crippen LogP contribution in [-0.2, 0) is 16.1 Å². The molecular weight excluding hydrogens is 428 g/mol. The molecule has 0 aromatic heterocycles. The molecule has 0 saturated heterocycles. The molecule has 0 spiro atoms. The highest BCUT2D eigenvalue weighted by atomic mass is 35.5. The van der Waals surface area contributed by atoms with E-state index < -0.39 is 6.04 Å². The Hall–Kier alpha value is -2.73. The molecule has 0 unspecified atom stereocenters. The van der Waals surface area contributed by atoms with Crippen LogP contribution in [0.3, 0.4) is 0 Å². The fourth-order valence-electron chi connectivity index (χ4n) is 4.04. The second-order valence-corrected chi connectivity index (χ2v) is 8.41. The Morgan fingerprint density at radius 2 is 1.91 bits per heavy atom. The summed E-state index contributed by atoms with van der Waals surface area (Å²) in [6.45, 7) is 1.99. The van der Waals surface area contributed by atoms with E-state index in [1.54, 1.807) is 36.3 Å². The second-order valence-electron chi connectivity index (χ2n) is 8.01. The van der Waals surface area contributed by atoms with Gasteiger partial charge in [-0.25, -0.2) is 0 Å². The number of carbonyl (C=O) groups is 2. The topological polar surface area (TPSA) is 67.9 Å². The molecule has 0 aliphatic heterocycles. The predicted octanol–water partition coefficient (Wildman–Crippen LogP) is 4.59. The summed E-state index contributed by atoms with van der Waals surface area (Å²) in [5.41, 5.74) is 0.877. The van der Waals surface area contributed by atoms with Gasteiger partial charge in [0.2, 0.25) is 5.91 Å². The second kappa shape index (κ2) is 11.8. The molecule has 172 valence electrons. The van der Waals surface area contributed by atoms with E-state index in [-0.39, 0.29) is 31.0 Å². The largest absolute Gasteiger partial charge is 0.497 e. The minimum Gasteiger partial charge on any atom is -0.497 e. The summed E-state index contributed by atoms with van der Waals surface area (Å²) >= 11 is 6.16. The van der Waals surface area contributed by atoms with Gasteiger partial charge in [0.05, 0.1) is 12.1 Å². The van der Waals surface area contributed by atoms with Crippen LogP contribution in [0.1, 0.15) is 44.6 Å². The van der Waals surface area contributed by atoms with E-state index in [4.69, 9.17) is 21.1 Å². The highest BCUT2D eigenvalue weighted by molar-refractivity contribution is 6.32. The van der Waals surface area contributed by atoms with Crippen LogP contribution in [0.15, 0.2) is 48.5 Å². The third-order valence-corrected chi connectivity index (χ3v) is 6.07. The average molecular weight is 459 g/mol. The quantitative estimate of drug-likeness (QED) is 0.565. The third-order valence-electron chi connectivity index (χ3n) is 5.76. The first-order chi connectivity index (χ1) is 15.5. The first-order valence-corrected chi connectivity index (χ1v) is 11.5. The normalized spacial score (nSPS) is 14.6. The first kappa shape index (κ1) is 23.9. The van der Waals surface area contributed by atoms with Gasteiger partial charge in [0.15, 0.2) is 6.61 Å². The summed E-state index contributed by atoms with van der Waals surface area (Å²) in [5, 5.41) is 3.57. The molecular formula is C25H31ClN2O4. The Kier molecular flexibility index (Phi) is 8.80. The number of benzene rings is 2. The van der Waals surface area contributed by atoms with Crippen molar-refractivity contribution >= 4 is 23.4 Å². The van der Waals surface area contributed by atoms with Crippen LogP contribution >= 0.6 is 11.6 Å². The molecule has 1 atom stereocenters. The fraction of sp³-hybridized carbons (Fsp3) is 0.440. The summed E-state index contributed by atoms with van der Waals surface area (Å²) in [5.74, 6) is 0.743. The molecule has 6 nitrogen and oxygen atoms in total. The maximum absolute atomic E-state index is 13.3. The molecule has 2 aromatic carbocycles. The molecule has 7 heteroatoms. The van der Waals surface area contributed by atoms with Gasteiger partial charge in [-0.1, -0.05) is 55.6 Å². The molecule has 0 radical (unpaired) electrons. The number of hydrogen-bond donors (Lipinski definition) is 1. The van der Waals surface area contributed by atoms with Gasteiger partial charge < -0.3 is 19.7 Å². The van der Waals surface area contributed by atoms with Crippen LogP contribution in [0.4, 0.5) is 0 Å². The highest BCUT2D eigenvalue weighted by Crippen LogP contribution is 2.24. The first-order valence-electron chi connectivity index (χ1n) is 11.1. The Labute approximate surface area is 194 Å². The number of halogens is 1. The Morgan fingerprint density at radius 3 is 2.59 bits per heavy atom. The molecule has 1 saturated carbocycles. The van der Waals surface area contributed by atoms with Crippen LogP contribution in [0, 0.1) is 0 Å². The lowest BCUT2D eigenvalue weighted by Gasteiger charge is -2.31. The molecule has 1 fully saturated rings. The zero-order valence-electron chi connectivity index (χ0n) is 18.7. The number of nitrogens with one attached hydrogen (secondary N) is 1. The summed E-state index contributed by atoms with van der Waals surface area (Å²) in [7, 11) is 1.60. The van der Waals surface area contributed by atoms with Gasteiger partial charge in [0.25, 0.3) is 5.91 Å². The van der Waals surface area contributed by atoms with Crippen molar-refractivity contribution in [2.45, 2.75) is 57.7 Å². The lowest BCUT2D eigenvalue weighted by atomic mass is 10.1. The van der Waals surface area contributed by atoms with Gasteiger partial charge in [0.1, 0.15) is 17.5 Å². The van der Waals surface area contributed by atoms with Crippen molar-refractivity contribution in [3.63, 3.8) is 0 Å². The van der Waals surface area contributed by atoms with Crippen LogP contribution in [0.2, 0.25) is 5.02 Å². The summed E-state index contributed by atoms with van der Waals surface area (Å²) in [6, 6.07) is 14.1. The van der Waals surface area contributed by atoms with Crippen molar-refractivity contribution in [2.75, 3.05) is 13.7 Å². The SMILES string of the molecule is CC[C@H](C(=O)NC1CCCC1)N(Cc1cccc(OC)c1)C(=O)COc1ccccc1Cl. The number of amides is 2. The number of methoxy groups -OCH3 is 1. The zero-order valence-corrected chi connectivity index (χ0v) is 19.4. The van der Waals surface area contributed by atoms with Crippen LogP contribution in [-0.4, -0.2) is 42.5 Å². The van der Waals surface area contributed by atoms with E-state index in [0.717, 1.165) is 31.2 Å². The Balaban J connectivity index is 1.78. The standard InChI is InChI=1S/C25H31ClN2O4/c1-3-22(25(30)27-19-10-4-5-11-19)28(16-18-9-8-12-20(15-18)31-2)24(29)17-32-23-14-7-6-13-21(23)26/h6-9,12-15,19,22H,3-5,10-11,16-17H2,1-2H3,(H,27,30)/t22-/m1/s1. The molecule has 1 N–H and O–H groups in total. The van der Waals surface area contributed by atoms with E-state index in [2.05, 4.69) is 5.32 Å². The predicted molar refractivity (Wildman–Crippen MR) is 125 cm³/mol. The summed E-state index contributed by atoms with van der Waals surface area (Å²) in [4.78, 5) is 28.0. The fourth-order valence-corrected chi connectivity index (χ4v) is 4.23. The van der Waals surface area contributed by atoms with Crippen molar-refractivity contribution in [1.29, 1.82) is 0 Å². The Bertz CT molecular complexity index is 914. The van der Waals surface area contributed by atoms with Crippen LogP contribution in [0.25, 0.3) is 0 Å². The van der Waals surface area contributed by atoms with Crippen molar-refractivity contribution in [3.05, 3.63) is 59.1 Å². The van der Waals surface area contributed by atoms with E-state index in [1.807, 2.05) is 31.2 Å². The summed E-state index contributed by atoms with van der Waals surface area (Å²) in [6.07, 6.45) is 4.73. The van der Waals surface area contributed by atoms with Gasteiger partial charge in [0, 0.05) is 12.6 Å². The number of ether oxygens (including phenoxy) is 2. The number of carbonyl (C=O) groups excluding carboxylic acids is 2. The van der Waals surface area contributed by atoms with Gasteiger partial charge in [-0.15, -0.1) is 0 Å². The van der Waals surface area contributed by atoms with Gasteiger partial charge in [-0.2, -0.15) is 0 Å².